The number of hydrogen-bond donors (Lipinski definition) is 4. The second-order valence-corrected chi connectivity index (χ2v) is 7.85. The highest BCUT2D eigenvalue weighted by Crippen LogP contribution is 2.28. The number of nitrogens with one attached hydrogen (secondary N) is 2. The van der Waals surface area contributed by atoms with Crippen LogP contribution in [-0.2, 0) is 6.54 Å². The molecule has 0 atom stereocenters. The lowest BCUT2D eigenvalue weighted by molar-refractivity contribution is 0.100. The van der Waals surface area contributed by atoms with Crippen molar-refractivity contribution in [1.29, 1.82) is 0 Å². The predicted octanol–water partition coefficient (Wildman–Crippen LogP) is 3.59. The standard InChI is InChI=1S/C23H26N4O2S/c24-12-4-5-13-26-14-20-21(22(25)28)19(15-30-20)27-23(29)18-10-8-17(9-11-18)16-6-2-1-3-7-16/h1-3,6-11,15,26H,4-5,12-14,24H2,(H2,25,28)(H,27,29). The molecule has 0 aliphatic rings. The van der Waals surface area contributed by atoms with Crippen molar-refractivity contribution >= 4 is 28.8 Å². The Morgan fingerprint density at radius 3 is 2.30 bits per heavy atom. The molecule has 7 heteroatoms. The van der Waals surface area contributed by atoms with Crippen LogP contribution in [0.1, 0.15) is 38.4 Å². The zero-order valence-corrected chi connectivity index (χ0v) is 17.5. The maximum absolute atomic E-state index is 12.7. The number of nitrogens with two attached hydrogens (primary N) is 2. The van der Waals surface area contributed by atoms with Crippen molar-refractivity contribution < 1.29 is 9.59 Å². The molecule has 0 unspecified atom stereocenters. The third-order valence-corrected chi connectivity index (χ3v) is 5.70. The van der Waals surface area contributed by atoms with Gasteiger partial charge in [0.05, 0.1) is 11.3 Å². The number of benzene rings is 2. The van der Waals surface area contributed by atoms with Gasteiger partial charge in [-0.2, -0.15) is 0 Å². The SMILES string of the molecule is NCCCCNCc1scc(NC(=O)c2ccc(-c3ccccc3)cc2)c1C(N)=O. The Labute approximate surface area is 180 Å². The smallest absolute Gasteiger partial charge is 0.255 e. The number of thiophene rings is 1. The first-order valence-electron chi connectivity index (χ1n) is 9.88. The normalized spacial score (nSPS) is 10.7. The van der Waals surface area contributed by atoms with Crippen molar-refractivity contribution in [2.75, 3.05) is 18.4 Å². The molecule has 0 fully saturated rings. The van der Waals surface area contributed by atoms with Gasteiger partial charge in [0.1, 0.15) is 0 Å². The Morgan fingerprint density at radius 1 is 0.933 bits per heavy atom. The summed E-state index contributed by atoms with van der Waals surface area (Å²) >= 11 is 1.40. The lowest BCUT2D eigenvalue weighted by Crippen LogP contribution is -2.21. The summed E-state index contributed by atoms with van der Waals surface area (Å²) in [4.78, 5) is 25.5. The molecule has 2 amide bonds. The second kappa shape index (κ2) is 10.7. The summed E-state index contributed by atoms with van der Waals surface area (Å²) in [6.07, 6.45) is 1.92. The molecule has 1 heterocycles. The Kier molecular flexibility index (Phi) is 7.73. The van der Waals surface area contributed by atoms with Gasteiger partial charge in [-0.25, -0.2) is 0 Å². The van der Waals surface area contributed by atoms with Gasteiger partial charge in [-0.1, -0.05) is 42.5 Å². The number of unbranched alkanes of at least 4 members (excludes halogenated alkanes) is 1. The summed E-state index contributed by atoms with van der Waals surface area (Å²) in [5, 5.41) is 7.87. The van der Waals surface area contributed by atoms with Crippen LogP contribution in [0.2, 0.25) is 0 Å². The Balaban J connectivity index is 1.68. The van der Waals surface area contributed by atoms with Crippen LogP contribution in [0.3, 0.4) is 0 Å². The first kappa shape index (κ1) is 21.7. The van der Waals surface area contributed by atoms with Gasteiger partial charge in [-0.15, -0.1) is 11.3 Å². The topological polar surface area (TPSA) is 110 Å². The number of rotatable bonds is 10. The summed E-state index contributed by atoms with van der Waals surface area (Å²) in [5.41, 5.74) is 14.5. The molecule has 2 aromatic carbocycles. The fourth-order valence-corrected chi connectivity index (χ4v) is 4.08. The van der Waals surface area contributed by atoms with Crippen LogP contribution in [-0.4, -0.2) is 24.9 Å². The molecular weight excluding hydrogens is 396 g/mol. The second-order valence-electron chi connectivity index (χ2n) is 6.88. The van der Waals surface area contributed by atoms with Crippen molar-refractivity contribution in [3.05, 3.63) is 76.0 Å². The number of primary amides is 1. The fraction of sp³-hybridized carbons (Fsp3) is 0.217. The molecule has 0 radical (unpaired) electrons. The molecular formula is C23H26N4O2S. The summed E-state index contributed by atoms with van der Waals surface area (Å²) in [7, 11) is 0. The van der Waals surface area contributed by atoms with E-state index in [4.69, 9.17) is 11.5 Å². The van der Waals surface area contributed by atoms with E-state index in [1.165, 1.54) is 11.3 Å². The van der Waals surface area contributed by atoms with Gasteiger partial charge in [0.25, 0.3) is 11.8 Å². The lowest BCUT2D eigenvalue weighted by atomic mass is 10.0. The van der Waals surface area contributed by atoms with Gasteiger partial charge in [0.15, 0.2) is 0 Å². The fourth-order valence-electron chi connectivity index (χ4n) is 3.13. The lowest BCUT2D eigenvalue weighted by Gasteiger charge is -2.08. The van der Waals surface area contributed by atoms with Crippen LogP contribution in [0.25, 0.3) is 11.1 Å². The van der Waals surface area contributed by atoms with Gasteiger partial charge in [-0.05, 0) is 49.2 Å². The van der Waals surface area contributed by atoms with Crippen LogP contribution in [0, 0.1) is 0 Å². The predicted molar refractivity (Wildman–Crippen MR) is 123 cm³/mol. The third kappa shape index (κ3) is 5.54. The van der Waals surface area contributed by atoms with E-state index in [0.29, 0.717) is 29.9 Å². The van der Waals surface area contributed by atoms with Crippen molar-refractivity contribution in [2.24, 2.45) is 11.5 Å². The highest BCUT2D eigenvalue weighted by atomic mass is 32.1. The van der Waals surface area contributed by atoms with E-state index in [0.717, 1.165) is 35.4 Å². The summed E-state index contributed by atoms with van der Waals surface area (Å²) in [5.74, 6) is -0.831. The van der Waals surface area contributed by atoms with E-state index in [2.05, 4.69) is 10.6 Å². The molecule has 0 aliphatic carbocycles. The Bertz CT molecular complexity index is 984. The minimum atomic E-state index is -0.551. The number of carbonyl (C=O) groups is 2. The molecule has 0 saturated carbocycles. The van der Waals surface area contributed by atoms with E-state index < -0.39 is 5.91 Å². The molecule has 3 aromatic rings. The quantitative estimate of drug-likeness (QED) is 0.374. The van der Waals surface area contributed by atoms with Crippen molar-refractivity contribution in [3.8, 4) is 11.1 Å². The molecule has 3 rings (SSSR count). The average molecular weight is 423 g/mol. The van der Waals surface area contributed by atoms with Crippen molar-refractivity contribution in [1.82, 2.24) is 5.32 Å². The third-order valence-electron chi connectivity index (χ3n) is 4.71. The van der Waals surface area contributed by atoms with E-state index >= 15 is 0 Å². The first-order valence-corrected chi connectivity index (χ1v) is 10.8. The van der Waals surface area contributed by atoms with Gasteiger partial charge in [-0.3, -0.25) is 9.59 Å². The number of hydrogen-bond acceptors (Lipinski definition) is 5. The van der Waals surface area contributed by atoms with Crippen LogP contribution in [0.4, 0.5) is 5.69 Å². The van der Waals surface area contributed by atoms with Gasteiger partial charge in [0, 0.05) is 22.4 Å². The van der Waals surface area contributed by atoms with E-state index in [1.54, 1.807) is 17.5 Å². The summed E-state index contributed by atoms with van der Waals surface area (Å²) in [6, 6.07) is 17.3. The maximum Gasteiger partial charge on any atom is 0.255 e. The molecule has 6 N–H and O–H groups in total. The van der Waals surface area contributed by atoms with Gasteiger partial charge in [0.2, 0.25) is 0 Å². The van der Waals surface area contributed by atoms with Crippen molar-refractivity contribution in [3.63, 3.8) is 0 Å². The minimum Gasteiger partial charge on any atom is -0.365 e. The highest BCUT2D eigenvalue weighted by Gasteiger charge is 2.19. The Hall–Kier alpha value is -3.00. The molecule has 6 nitrogen and oxygen atoms in total. The van der Waals surface area contributed by atoms with Gasteiger partial charge < -0.3 is 22.1 Å². The van der Waals surface area contributed by atoms with Crippen LogP contribution in [0.5, 0.6) is 0 Å². The number of anilines is 1. The number of amides is 2. The molecule has 30 heavy (non-hydrogen) atoms. The minimum absolute atomic E-state index is 0.280. The average Bonchev–Trinajstić information content (AvgIpc) is 3.17. The molecule has 0 bridgehead atoms. The zero-order valence-electron chi connectivity index (χ0n) is 16.7. The Morgan fingerprint density at radius 2 is 1.63 bits per heavy atom. The summed E-state index contributed by atoms with van der Waals surface area (Å²) in [6.45, 7) is 1.99. The van der Waals surface area contributed by atoms with Crippen LogP contribution < -0.4 is 22.1 Å². The van der Waals surface area contributed by atoms with Gasteiger partial charge >= 0.3 is 0 Å². The molecule has 156 valence electrons. The van der Waals surface area contributed by atoms with E-state index in [-0.39, 0.29) is 5.91 Å². The highest BCUT2D eigenvalue weighted by molar-refractivity contribution is 7.10. The maximum atomic E-state index is 12.7. The number of carbonyl (C=O) groups excluding carboxylic acids is 2. The molecule has 0 saturated heterocycles. The first-order chi connectivity index (χ1) is 14.6. The van der Waals surface area contributed by atoms with Crippen molar-refractivity contribution in [2.45, 2.75) is 19.4 Å². The summed E-state index contributed by atoms with van der Waals surface area (Å²) < 4.78 is 0. The monoisotopic (exact) mass is 422 g/mol. The van der Waals surface area contributed by atoms with E-state index in [1.807, 2.05) is 42.5 Å². The molecule has 0 spiro atoms. The molecule has 1 aromatic heterocycles. The van der Waals surface area contributed by atoms with E-state index in [9.17, 15) is 9.59 Å². The zero-order chi connectivity index (χ0) is 21.3. The largest absolute Gasteiger partial charge is 0.365 e. The van der Waals surface area contributed by atoms with Crippen LogP contribution in [0.15, 0.2) is 60.0 Å². The molecule has 0 aliphatic heterocycles. The van der Waals surface area contributed by atoms with Crippen LogP contribution >= 0.6 is 11.3 Å².